The lowest BCUT2D eigenvalue weighted by Crippen LogP contribution is -2.31. The van der Waals surface area contributed by atoms with Crippen molar-refractivity contribution in [3.05, 3.63) is 23.3 Å². The van der Waals surface area contributed by atoms with Gasteiger partial charge in [-0.05, 0) is 24.1 Å². The number of benzene rings is 1. The zero-order valence-corrected chi connectivity index (χ0v) is 11.2. The second-order valence-electron chi connectivity index (χ2n) is 3.98. The zero-order valence-electron chi connectivity index (χ0n) is 9.67. The van der Waals surface area contributed by atoms with Crippen LogP contribution in [0.3, 0.4) is 0 Å². The number of halogens is 2. The Morgan fingerprint density at radius 2 is 2.06 bits per heavy atom. The maximum Gasteiger partial charge on any atom is 0.227 e. The van der Waals surface area contributed by atoms with Crippen LogP contribution < -0.4 is 9.64 Å². The van der Waals surface area contributed by atoms with Crippen molar-refractivity contribution in [3.8, 4) is 5.75 Å². The predicted octanol–water partition coefficient (Wildman–Crippen LogP) is 3.08. The number of aryl methyl sites for hydroxylation is 1. The van der Waals surface area contributed by atoms with Crippen molar-refractivity contribution in [2.45, 2.75) is 17.7 Å². The van der Waals surface area contributed by atoms with Gasteiger partial charge in [0.1, 0.15) is 10.6 Å². The molecule has 0 N–H and O–H groups in total. The fourth-order valence-electron chi connectivity index (χ4n) is 2.03. The van der Waals surface area contributed by atoms with Crippen molar-refractivity contribution >= 4 is 34.8 Å². The number of nitrogens with zero attached hydrogens (tertiary/aromatic N) is 1. The topological polar surface area (TPSA) is 29.5 Å². The van der Waals surface area contributed by atoms with Crippen molar-refractivity contribution < 1.29 is 9.53 Å². The number of anilines is 1. The molecule has 1 aromatic rings. The summed E-state index contributed by atoms with van der Waals surface area (Å²) in [4.78, 5) is 12.6. The Hall–Kier alpha value is -0.930. The van der Waals surface area contributed by atoms with Crippen LogP contribution in [0.1, 0.15) is 22.4 Å². The van der Waals surface area contributed by atoms with Crippen molar-refractivity contribution in [3.63, 3.8) is 0 Å². The van der Waals surface area contributed by atoms with E-state index in [2.05, 4.69) is 0 Å². The van der Waals surface area contributed by atoms with Gasteiger partial charge < -0.3 is 9.64 Å². The lowest BCUT2D eigenvalue weighted by Gasteiger charge is -2.27. The Balaban J connectivity index is 2.55. The minimum Gasteiger partial charge on any atom is -0.496 e. The molecular weight excluding hydrogens is 261 g/mol. The molecule has 0 atom stereocenters. The minimum atomic E-state index is -0.666. The molecule has 0 fully saturated rings. The average molecular weight is 274 g/mol. The van der Waals surface area contributed by atoms with E-state index in [-0.39, 0.29) is 5.91 Å². The second-order valence-corrected chi connectivity index (χ2v) is 5.07. The van der Waals surface area contributed by atoms with E-state index in [9.17, 15) is 4.79 Å². The highest BCUT2D eigenvalue weighted by molar-refractivity contribution is 6.44. The minimum absolute atomic E-state index is 0.106. The van der Waals surface area contributed by atoms with E-state index in [0.29, 0.717) is 17.7 Å². The van der Waals surface area contributed by atoms with E-state index in [1.807, 2.05) is 12.1 Å². The molecule has 1 heterocycles. The van der Waals surface area contributed by atoms with Gasteiger partial charge in [0.15, 0.2) is 0 Å². The molecule has 1 amide bonds. The molecule has 0 aliphatic carbocycles. The van der Waals surface area contributed by atoms with Gasteiger partial charge in [0, 0.05) is 24.7 Å². The number of fused-ring (bicyclic) bond motifs is 1. The summed E-state index contributed by atoms with van der Waals surface area (Å²) in [5.41, 5.74) is 2.64. The van der Waals surface area contributed by atoms with Crippen molar-refractivity contribution in [1.82, 2.24) is 0 Å². The van der Waals surface area contributed by atoms with E-state index in [0.717, 1.165) is 17.7 Å². The van der Waals surface area contributed by atoms with E-state index in [1.54, 1.807) is 19.1 Å². The van der Waals surface area contributed by atoms with Crippen LogP contribution in [0.25, 0.3) is 0 Å². The smallest absolute Gasteiger partial charge is 0.227 e. The molecule has 2 rings (SSSR count). The Morgan fingerprint density at radius 3 is 2.65 bits per heavy atom. The van der Waals surface area contributed by atoms with Crippen LogP contribution >= 0.6 is 23.2 Å². The van der Waals surface area contributed by atoms with E-state index in [1.165, 1.54) is 0 Å². The van der Waals surface area contributed by atoms with Gasteiger partial charge in [-0.25, -0.2) is 0 Å². The Morgan fingerprint density at radius 1 is 1.35 bits per heavy atom. The molecule has 5 heteroatoms. The van der Waals surface area contributed by atoms with Gasteiger partial charge in [-0.2, -0.15) is 0 Å². The largest absolute Gasteiger partial charge is 0.496 e. The van der Waals surface area contributed by atoms with Crippen LogP contribution in [0.15, 0.2) is 12.1 Å². The Kier molecular flexibility index (Phi) is 3.50. The second kappa shape index (κ2) is 4.75. The first-order valence-corrected chi connectivity index (χ1v) is 6.17. The maximum atomic E-state index is 11.6. The number of carbonyl (C=O) groups is 1. The molecule has 0 spiro atoms. The van der Waals surface area contributed by atoms with E-state index in [4.69, 9.17) is 27.9 Å². The van der Waals surface area contributed by atoms with Crippen molar-refractivity contribution in [2.75, 3.05) is 19.1 Å². The van der Waals surface area contributed by atoms with Crippen molar-refractivity contribution in [2.24, 2.45) is 0 Å². The van der Waals surface area contributed by atoms with Crippen LogP contribution in [-0.2, 0) is 11.2 Å². The number of hydrogen-bond acceptors (Lipinski definition) is 2. The summed E-state index contributed by atoms with van der Waals surface area (Å²) < 4.78 is 5.26. The Bertz CT molecular complexity index is 460. The van der Waals surface area contributed by atoms with Gasteiger partial charge in [-0.15, -0.1) is 0 Å². The summed E-state index contributed by atoms with van der Waals surface area (Å²) in [6.07, 6.45) is 1.25. The van der Waals surface area contributed by atoms with Crippen LogP contribution in [0.4, 0.5) is 5.69 Å². The molecule has 0 bridgehead atoms. The third kappa shape index (κ3) is 2.22. The summed E-state index contributed by atoms with van der Waals surface area (Å²) in [6, 6.07) is 3.74. The van der Waals surface area contributed by atoms with Gasteiger partial charge >= 0.3 is 0 Å². The quantitative estimate of drug-likeness (QED) is 0.776. The van der Waals surface area contributed by atoms with Gasteiger partial charge in [0.05, 0.1) is 7.11 Å². The van der Waals surface area contributed by atoms with Gasteiger partial charge in [-0.1, -0.05) is 23.2 Å². The summed E-state index contributed by atoms with van der Waals surface area (Å²) in [7, 11) is 3.34. The Labute approximate surface area is 110 Å². The normalized spacial score (nSPS) is 15.1. The van der Waals surface area contributed by atoms with Gasteiger partial charge in [0.25, 0.3) is 0 Å². The number of carbonyl (C=O) groups excluding carboxylic acids is 1. The molecule has 0 unspecified atom stereocenters. The lowest BCUT2D eigenvalue weighted by atomic mass is 9.99. The lowest BCUT2D eigenvalue weighted by molar-refractivity contribution is -0.118. The number of hydrogen-bond donors (Lipinski definition) is 0. The molecule has 3 nitrogen and oxygen atoms in total. The van der Waals surface area contributed by atoms with Crippen molar-refractivity contribution in [1.29, 1.82) is 0 Å². The highest BCUT2D eigenvalue weighted by Gasteiger charge is 2.24. The zero-order chi connectivity index (χ0) is 12.6. The molecule has 92 valence electrons. The molecule has 1 aliphatic heterocycles. The number of amides is 1. The molecule has 0 saturated heterocycles. The summed E-state index contributed by atoms with van der Waals surface area (Å²) >= 11 is 11.8. The average Bonchev–Trinajstić information content (AvgIpc) is 2.32. The molecule has 0 aromatic heterocycles. The molecule has 0 radical (unpaired) electrons. The first-order valence-electron chi connectivity index (χ1n) is 5.30. The summed E-state index contributed by atoms with van der Waals surface area (Å²) in [6.45, 7) is 0. The van der Waals surface area contributed by atoms with Gasteiger partial charge in [-0.3, -0.25) is 4.79 Å². The SMILES string of the molecule is COc1cc2c(cc1C(Cl)Cl)N(C)C(=O)CC2. The van der Waals surface area contributed by atoms with E-state index < -0.39 is 4.84 Å². The molecule has 17 heavy (non-hydrogen) atoms. The molecule has 1 aliphatic rings. The molecule has 0 saturated carbocycles. The third-order valence-corrected chi connectivity index (χ3v) is 3.48. The first kappa shape index (κ1) is 12.5. The van der Waals surface area contributed by atoms with Gasteiger partial charge in [0.2, 0.25) is 5.91 Å². The molecular formula is C12H13Cl2NO2. The number of rotatable bonds is 2. The fraction of sp³-hybridized carbons (Fsp3) is 0.417. The van der Waals surface area contributed by atoms with E-state index >= 15 is 0 Å². The van der Waals surface area contributed by atoms with Crippen LogP contribution in [-0.4, -0.2) is 20.1 Å². The maximum absolute atomic E-state index is 11.6. The number of methoxy groups -OCH3 is 1. The van der Waals surface area contributed by atoms with Crippen LogP contribution in [0.2, 0.25) is 0 Å². The number of ether oxygens (including phenoxy) is 1. The molecule has 1 aromatic carbocycles. The summed E-state index contributed by atoms with van der Waals surface area (Å²) in [5, 5.41) is 0. The third-order valence-electron chi connectivity index (χ3n) is 3.01. The highest BCUT2D eigenvalue weighted by Crippen LogP contribution is 2.39. The summed E-state index contributed by atoms with van der Waals surface area (Å²) in [5.74, 6) is 0.774. The van der Waals surface area contributed by atoms with Crippen LogP contribution in [0, 0.1) is 0 Å². The predicted molar refractivity (Wildman–Crippen MR) is 69.2 cm³/mol. The monoisotopic (exact) mass is 273 g/mol. The highest BCUT2D eigenvalue weighted by atomic mass is 35.5. The van der Waals surface area contributed by atoms with Crippen LogP contribution in [0.5, 0.6) is 5.75 Å². The number of alkyl halides is 2. The standard InChI is InChI=1S/C12H13Cl2NO2/c1-15-9-6-8(12(13)14)10(17-2)5-7(9)3-4-11(15)16/h5-6,12H,3-4H2,1-2H3. The first-order chi connectivity index (χ1) is 8.04. The fourth-order valence-corrected chi connectivity index (χ4v) is 2.37.